The molecule has 1 atom stereocenters. The molecular formula is C25H23N3O7. The van der Waals surface area contributed by atoms with Crippen molar-refractivity contribution in [2.45, 2.75) is 19.4 Å². The summed E-state index contributed by atoms with van der Waals surface area (Å²) in [6, 6.07) is 13.9. The smallest absolute Gasteiger partial charge is 0.338 e. The second-order valence-electron chi connectivity index (χ2n) is 7.77. The molecule has 0 bridgehead atoms. The summed E-state index contributed by atoms with van der Waals surface area (Å²) < 4.78 is 10.4. The quantitative estimate of drug-likeness (QED) is 0.440. The van der Waals surface area contributed by atoms with E-state index < -0.39 is 42.4 Å². The van der Waals surface area contributed by atoms with Gasteiger partial charge < -0.3 is 20.1 Å². The molecule has 10 heteroatoms. The molecule has 0 aromatic heterocycles. The highest BCUT2D eigenvalue weighted by Crippen LogP contribution is 2.28. The Hall–Kier alpha value is -4.47. The summed E-state index contributed by atoms with van der Waals surface area (Å²) in [5.41, 5.74) is 1.44. The number of nitrogens with one attached hydrogen (secondary N) is 2. The second-order valence-corrected chi connectivity index (χ2v) is 7.77. The molecule has 2 aliphatic heterocycles. The summed E-state index contributed by atoms with van der Waals surface area (Å²) >= 11 is 0. The summed E-state index contributed by atoms with van der Waals surface area (Å²) in [5.74, 6) is -2.31. The van der Waals surface area contributed by atoms with E-state index in [-0.39, 0.29) is 30.8 Å². The van der Waals surface area contributed by atoms with Crippen molar-refractivity contribution in [1.82, 2.24) is 15.5 Å². The molecule has 4 amide bonds. The molecule has 0 radical (unpaired) electrons. The van der Waals surface area contributed by atoms with Gasteiger partial charge in [0.2, 0.25) is 0 Å². The first-order chi connectivity index (χ1) is 16.9. The third-order valence-electron chi connectivity index (χ3n) is 5.58. The number of hydrogen-bond acceptors (Lipinski definition) is 7. The number of urea groups is 1. The lowest BCUT2D eigenvalue weighted by Gasteiger charge is -2.29. The maximum absolute atomic E-state index is 12.7. The van der Waals surface area contributed by atoms with E-state index >= 15 is 0 Å². The van der Waals surface area contributed by atoms with Crippen LogP contribution in [0.25, 0.3) is 0 Å². The first-order valence-electron chi connectivity index (χ1n) is 11.0. The van der Waals surface area contributed by atoms with Gasteiger partial charge in [0.05, 0.1) is 41.5 Å². The van der Waals surface area contributed by atoms with Gasteiger partial charge in [-0.05, 0) is 24.6 Å². The molecule has 180 valence electrons. The second kappa shape index (κ2) is 10.2. The van der Waals surface area contributed by atoms with Crippen molar-refractivity contribution in [3.8, 4) is 0 Å². The minimum Gasteiger partial charge on any atom is -0.463 e. The lowest BCUT2D eigenvalue weighted by atomic mass is 9.95. The summed E-state index contributed by atoms with van der Waals surface area (Å²) in [6.45, 7) is 1.22. The van der Waals surface area contributed by atoms with Gasteiger partial charge in [0, 0.05) is 6.54 Å². The maximum Gasteiger partial charge on any atom is 0.338 e. The zero-order valence-corrected chi connectivity index (χ0v) is 18.9. The highest BCUT2D eigenvalue weighted by molar-refractivity contribution is 6.21. The monoisotopic (exact) mass is 477 g/mol. The molecule has 0 saturated heterocycles. The molecule has 0 saturated carbocycles. The number of nitrogens with zero attached hydrogens (tertiary/aromatic N) is 1. The van der Waals surface area contributed by atoms with Gasteiger partial charge in [-0.3, -0.25) is 19.3 Å². The van der Waals surface area contributed by atoms with Crippen LogP contribution in [0.4, 0.5) is 4.79 Å². The fraction of sp³-hybridized carbons (Fsp3) is 0.240. The van der Waals surface area contributed by atoms with Crippen LogP contribution in [-0.4, -0.2) is 54.4 Å². The SMILES string of the molecule is CCOC(=O)C1=C(COC(=O)CCN2C(=O)c3ccccc3C2=O)NC(=O)N[C@H]1c1ccccc1. The van der Waals surface area contributed by atoms with Crippen molar-refractivity contribution in [3.63, 3.8) is 0 Å². The van der Waals surface area contributed by atoms with Crippen LogP contribution < -0.4 is 10.6 Å². The molecule has 2 heterocycles. The minimum absolute atomic E-state index is 0.0927. The Morgan fingerprint density at radius 3 is 2.17 bits per heavy atom. The Labute approximate surface area is 200 Å². The minimum atomic E-state index is -0.795. The Morgan fingerprint density at radius 2 is 1.54 bits per heavy atom. The Balaban J connectivity index is 1.46. The van der Waals surface area contributed by atoms with Gasteiger partial charge in [-0.15, -0.1) is 0 Å². The van der Waals surface area contributed by atoms with E-state index in [2.05, 4.69) is 10.6 Å². The number of fused-ring (bicyclic) bond motifs is 1. The number of carbonyl (C=O) groups excluding carboxylic acids is 5. The van der Waals surface area contributed by atoms with E-state index in [4.69, 9.17) is 9.47 Å². The van der Waals surface area contributed by atoms with Gasteiger partial charge in [0.1, 0.15) is 6.61 Å². The molecule has 0 spiro atoms. The van der Waals surface area contributed by atoms with Crippen LogP contribution in [0.15, 0.2) is 65.9 Å². The molecule has 2 aromatic rings. The predicted octanol–water partition coefficient (Wildman–Crippen LogP) is 2.09. The first-order valence-corrected chi connectivity index (χ1v) is 11.0. The Bertz CT molecular complexity index is 1190. The van der Waals surface area contributed by atoms with Crippen molar-refractivity contribution >= 4 is 29.8 Å². The van der Waals surface area contributed by atoms with Crippen LogP contribution in [0, 0.1) is 0 Å². The normalized spacial score (nSPS) is 17.0. The molecular weight excluding hydrogens is 454 g/mol. The third-order valence-corrected chi connectivity index (χ3v) is 5.58. The first kappa shape index (κ1) is 23.7. The third kappa shape index (κ3) is 4.91. The van der Waals surface area contributed by atoms with Crippen LogP contribution in [0.3, 0.4) is 0 Å². The van der Waals surface area contributed by atoms with Crippen LogP contribution in [-0.2, 0) is 19.1 Å². The van der Waals surface area contributed by atoms with Crippen molar-refractivity contribution in [3.05, 3.63) is 82.6 Å². The molecule has 4 rings (SSSR count). The van der Waals surface area contributed by atoms with Crippen LogP contribution in [0.1, 0.15) is 45.7 Å². The molecule has 2 N–H and O–H groups in total. The predicted molar refractivity (Wildman–Crippen MR) is 122 cm³/mol. The van der Waals surface area contributed by atoms with Crippen molar-refractivity contribution in [2.75, 3.05) is 19.8 Å². The maximum atomic E-state index is 12.7. The lowest BCUT2D eigenvalue weighted by molar-refractivity contribution is -0.143. The van der Waals surface area contributed by atoms with Crippen molar-refractivity contribution < 1.29 is 33.4 Å². The van der Waals surface area contributed by atoms with E-state index in [0.717, 1.165) is 4.90 Å². The zero-order chi connectivity index (χ0) is 24.9. The molecule has 0 aliphatic carbocycles. The van der Waals surface area contributed by atoms with E-state index in [1.54, 1.807) is 61.5 Å². The summed E-state index contributed by atoms with van der Waals surface area (Å²) in [6.07, 6.45) is -0.248. The van der Waals surface area contributed by atoms with Crippen molar-refractivity contribution in [1.29, 1.82) is 0 Å². The number of ether oxygens (including phenoxy) is 2. The van der Waals surface area contributed by atoms with Crippen LogP contribution in [0.2, 0.25) is 0 Å². The average Bonchev–Trinajstić information content (AvgIpc) is 3.11. The Kier molecular flexibility index (Phi) is 6.91. The number of amides is 4. The molecule has 35 heavy (non-hydrogen) atoms. The topological polar surface area (TPSA) is 131 Å². The largest absolute Gasteiger partial charge is 0.463 e. The molecule has 10 nitrogen and oxygen atoms in total. The molecule has 2 aliphatic rings. The van der Waals surface area contributed by atoms with E-state index in [0.29, 0.717) is 16.7 Å². The fourth-order valence-corrected chi connectivity index (χ4v) is 3.95. The van der Waals surface area contributed by atoms with Gasteiger partial charge in [0.25, 0.3) is 11.8 Å². The zero-order valence-electron chi connectivity index (χ0n) is 18.9. The highest BCUT2D eigenvalue weighted by atomic mass is 16.5. The van der Waals surface area contributed by atoms with Gasteiger partial charge in [-0.2, -0.15) is 0 Å². The number of carbonyl (C=O) groups is 5. The number of benzene rings is 2. The fourth-order valence-electron chi connectivity index (χ4n) is 3.95. The van der Waals surface area contributed by atoms with Gasteiger partial charge in [-0.1, -0.05) is 42.5 Å². The van der Waals surface area contributed by atoms with Crippen LogP contribution in [0.5, 0.6) is 0 Å². The van der Waals surface area contributed by atoms with E-state index in [9.17, 15) is 24.0 Å². The number of esters is 2. The van der Waals surface area contributed by atoms with Crippen molar-refractivity contribution in [2.24, 2.45) is 0 Å². The summed E-state index contributed by atoms with van der Waals surface area (Å²) in [7, 11) is 0. The standard InChI is InChI=1S/C25H23N3O7/c1-2-34-24(32)20-18(26-25(33)27-21(20)15-8-4-3-5-9-15)14-35-19(29)12-13-28-22(30)16-10-6-7-11-17(16)23(28)31/h3-11,21H,2,12-14H2,1H3,(H2,26,27,33)/t21-/m0/s1. The molecule has 0 fully saturated rings. The Morgan fingerprint density at radius 1 is 0.914 bits per heavy atom. The number of rotatable bonds is 8. The lowest BCUT2D eigenvalue weighted by Crippen LogP contribution is -2.47. The molecule has 2 aromatic carbocycles. The highest BCUT2D eigenvalue weighted by Gasteiger charge is 2.36. The van der Waals surface area contributed by atoms with Crippen LogP contribution >= 0.6 is 0 Å². The molecule has 0 unspecified atom stereocenters. The summed E-state index contributed by atoms with van der Waals surface area (Å²) in [5, 5.41) is 5.21. The van der Waals surface area contributed by atoms with E-state index in [1.165, 1.54) is 0 Å². The number of hydrogen-bond donors (Lipinski definition) is 2. The van der Waals surface area contributed by atoms with Gasteiger partial charge in [0.15, 0.2) is 0 Å². The number of imide groups is 1. The average molecular weight is 477 g/mol. The summed E-state index contributed by atoms with van der Waals surface area (Å²) in [4.78, 5) is 63.3. The van der Waals surface area contributed by atoms with Gasteiger partial charge >= 0.3 is 18.0 Å². The van der Waals surface area contributed by atoms with E-state index in [1.807, 2.05) is 0 Å². The van der Waals surface area contributed by atoms with Gasteiger partial charge in [-0.25, -0.2) is 9.59 Å².